The van der Waals surface area contributed by atoms with Gasteiger partial charge in [0.05, 0.1) is 31.4 Å². The molecule has 2 aliphatic rings. The Hall–Kier alpha value is -3.19. The van der Waals surface area contributed by atoms with Gasteiger partial charge in [0.25, 0.3) is 5.91 Å². The number of hydrogen-bond donors (Lipinski definition) is 2. The summed E-state index contributed by atoms with van der Waals surface area (Å²) >= 11 is 5.97. The number of fused-ring (bicyclic) bond motifs is 1. The number of carbonyl (C=O) groups excluding carboxylic acids is 1. The Labute approximate surface area is 239 Å². The predicted octanol–water partition coefficient (Wildman–Crippen LogP) is 2.76. The van der Waals surface area contributed by atoms with Crippen LogP contribution in [0.5, 0.6) is 0 Å². The number of ether oxygens (including phenoxy) is 1. The van der Waals surface area contributed by atoms with E-state index in [-0.39, 0.29) is 17.1 Å². The maximum Gasteiger partial charge on any atom is 0.257 e. The number of aromatic nitrogens is 1. The smallest absolute Gasteiger partial charge is 0.257 e. The summed E-state index contributed by atoms with van der Waals surface area (Å²) in [6.45, 7) is 6.22. The highest BCUT2D eigenvalue weighted by molar-refractivity contribution is 6.30. The fourth-order valence-corrected chi connectivity index (χ4v) is 5.40. The molecule has 0 spiro atoms. The first-order chi connectivity index (χ1) is 19.4. The number of nitrogens with zero attached hydrogens (tertiary/aromatic N) is 3. The third-order valence-electron chi connectivity index (χ3n) is 7.54. The standard InChI is InChI=1S/C31H35ClN4O4/c1-34-21-28(31(39)33-19-22-4-6-25(32)7-5-22)30(38)27-18-23(20-36-13-15-40-16-14-36)17-24(29(27)34)3-2-10-35-11-8-26(37)9-12-35/h4-7,17-18,21,26,37H,8-16,19-20H2,1H3,(H,33,39). The number of aliphatic hydroxyl groups excluding tert-OH is 1. The van der Waals surface area contributed by atoms with Crippen molar-refractivity contribution in [1.29, 1.82) is 0 Å². The van der Waals surface area contributed by atoms with Gasteiger partial charge in [0.15, 0.2) is 0 Å². The van der Waals surface area contributed by atoms with Gasteiger partial charge in [-0.1, -0.05) is 35.6 Å². The highest BCUT2D eigenvalue weighted by Gasteiger charge is 2.19. The minimum atomic E-state index is -0.420. The van der Waals surface area contributed by atoms with Crippen LogP contribution in [-0.4, -0.2) is 77.4 Å². The van der Waals surface area contributed by atoms with Crippen molar-refractivity contribution in [2.24, 2.45) is 7.05 Å². The third-order valence-corrected chi connectivity index (χ3v) is 7.79. The fourth-order valence-electron chi connectivity index (χ4n) is 5.28. The first-order valence-electron chi connectivity index (χ1n) is 13.8. The van der Waals surface area contributed by atoms with E-state index in [1.807, 2.05) is 29.8 Å². The predicted molar refractivity (Wildman–Crippen MR) is 156 cm³/mol. The van der Waals surface area contributed by atoms with Gasteiger partial charge < -0.3 is 19.7 Å². The van der Waals surface area contributed by atoms with E-state index in [0.717, 1.165) is 55.7 Å². The van der Waals surface area contributed by atoms with Gasteiger partial charge in [-0.05, 0) is 48.2 Å². The van der Waals surface area contributed by atoms with Crippen LogP contribution in [0.3, 0.4) is 0 Å². The molecule has 3 heterocycles. The minimum Gasteiger partial charge on any atom is -0.393 e. The Kier molecular flexibility index (Phi) is 9.20. The van der Waals surface area contributed by atoms with E-state index >= 15 is 0 Å². The molecule has 8 nitrogen and oxygen atoms in total. The molecule has 0 unspecified atom stereocenters. The molecular formula is C31H35ClN4O4. The van der Waals surface area contributed by atoms with Crippen molar-refractivity contribution in [3.8, 4) is 11.8 Å². The lowest BCUT2D eigenvalue weighted by molar-refractivity contribution is 0.0342. The van der Waals surface area contributed by atoms with Crippen molar-refractivity contribution in [3.05, 3.63) is 80.1 Å². The van der Waals surface area contributed by atoms with Gasteiger partial charge in [0, 0.05) is 68.5 Å². The number of morpholine rings is 1. The second kappa shape index (κ2) is 13.0. The number of nitrogens with one attached hydrogen (secondary N) is 1. The quantitative estimate of drug-likeness (QED) is 0.449. The van der Waals surface area contributed by atoms with Crippen LogP contribution in [0.4, 0.5) is 0 Å². The van der Waals surface area contributed by atoms with Crippen LogP contribution >= 0.6 is 11.6 Å². The molecule has 9 heteroatoms. The molecule has 2 aromatic carbocycles. The van der Waals surface area contributed by atoms with Gasteiger partial charge in [-0.3, -0.25) is 19.4 Å². The molecule has 0 radical (unpaired) electrons. The molecule has 0 atom stereocenters. The number of likely N-dealkylation sites (tertiary alicyclic amines) is 1. The van der Waals surface area contributed by atoms with Gasteiger partial charge in [-0.15, -0.1) is 0 Å². The number of pyridine rings is 1. The number of carbonyl (C=O) groups is 1. The molecule has 1 aromatic heterocycles. The van der Waals surface area contributed by atoms with Crippen molar-refractivity contribution in [1.82, 2.24) is 19.7 Å². The number of piperidine rings is 1. The largest absolute Gasteiger partial charge is 0.393 e. The van der Waals surface area contributed by atoms with Crippen LogP contribution in [0.25, 0.3) is 10.9 Å². The van der Waals surface area contributed by atoms with E-state index in [2.05, 4.69) is 33.0 Å². The molecule has 0 aliphatic carbocycles. The maximum absolute atomic E-state index is 13.7. The van der Waals surface area contributed by atoms with E-state index < -0.39 is 5.91 Å². The summed E-state index contributed by atoms with van der Waals surface area (Å²) in [6, 6.07) is 11.2. The van der Waals surface area contributed by atoms with Crippen molar-refractivity contribution < 1.29 is 14.6 Å². The Morgan fingerprint density at radius 3 is 2.52 bits per heavy atom. The zero-order chi connectivity index (χ0) is 28.1. The molecule has 0 bridgehead atoms. The van der Waals surface area contributed by atoms with Crippen molar-refractivity contribution >= 4 is 28.4 Å². The maximum atomic E-state index is 13.7. The average molecular weight is 563 g/mol. The second-order valence-electron chi connectivity index (χ2n) is 10.5. The van der Waals surface area contributed by atoms with E-state index in [4.69, 9.17) is 16.3 Å². The highest BCUT2D eigenvalue weighted by atomic mass is 35.5. The first kappa shape index (κ1) is 28.3. The molecular weight excluding hydrogens is 528 g/mol. The van der Waals surface area contributed by atoms with E-state index in [1.165, 1.54) is 0 Å². The first-order valence-corrected chi connectivity index (χ1v) is 14.1. The summed E-state index contributed by atoms with van der Waals surface area (Å²) in [7, 11) is 1.84. The minimum absolute atomic E-state index is 0.0956. The Bertz CT molecular complexity index is 1480. The zero-order valence-corrected chi connectivity index (χ0v) is 23.5. The van der Waals surface area contributed by atoms with Gasteiger partial charge in [-0.2, -0.15) is 0 Å². The lowest BCUT2D eigenvalue weighted by Crippen LogP contribution is -2.36. The topological polar surface area (TPSA) is 87.0 Å². The van der Waals surface area contributed by atoms with Gasteiger partial charge in [0.2, 0.25) is 5.43 Å². The summed E-state index contributed by atoms with van der Waals surface area (Å²) in [5.74, 6) is 6.20. The normalized spacial score (nSPS) is 17.0. The highest BCUT2D eigenvalue weighted by Crippen LogP contribution is 2.21. The molecule has 5 rings (SSSR count). The summed E-state index contributed by atoms with van der Waals surface area (Å²) in [6.07, 6.45) is 2.89. The summed E-state index contributed by atoms with van der Waals surface area (Å²) < 4.78 is 7.32. The van der Waals surface area contributed by atoms with E-state index in [1.54, 1.807) is 18.3 Å². The van der Waals surface area contributed by atoms with Gasteiger partial charge >= 0.3 is 0 Å². The molecule has 2 N–H and O–H groups in total. The summed E-state index contributed by atoms with van der Waals surface area (Å²) in [5.41, 5.74) is 3.15. The summed E-state index contributed by atoms with van der Waals surface area (Å²) in [4.78, 5) is 31.4. The number of aryl methyl sites for hydroxylation is 1. The second-order valence-corrected chi connectivity index (χ2v) is 11.0. The summed E-state index contributed by atoms with van der Waals surface area (Å²) in [5, 5.41) is 13.8. The molecule has 40 heavy (non-hydrogen) atoms. The van der Waals surface area contributed by atoms with Crippen LogP contribution in [0.15, 0.2) is 47.4 Å². The number of aliphatic hydroxyl groups is 1. The lowest BCUT2D eigenvalue weighted by atomic mass is 10.0. The SMILES string of the molecule is Cn1cc(C(=O)NCc2ccc(Cl)cc2)c(=O)c2cc(CN3CCOCC3)cc(C#CCN3CCC(O)CC3)c21. The van der Waals surface area contributed by atoms with Crippen molar-refractivity contribution in [2.75, 3.05) is 45.9 Å². The van der Waals surface area contributed by atoms with Gasteiger partial charge in [0.1, 0.15) is 5.56 Å². The third kappa shape index (κ3) is 6.92. The molecule has 3 aromatic rings. The Balaban J connectivity index is 1.46. The van der Waals surface area contributed by atoms with Crippen LogP contribution in [-0.2, 0) is 24.9 Å². The van der Waals surface area contributed by atoms with Gasteiger partial charge in [-0.25, -0.2) is 0 Å². The molecule has 0 saturated carbocycles. The van der Waals surface area contributed by atoms with Crippen LogP contribution < -0.4 is 10.7 Å². The molecule has 2 fully saturated rings. The molecule has 2 aliphatic heterocycles. The average Bonchev–Trinajstić information content (AvgIpc) is 2.96. The number of benzene rings is 2. The number of rotatable bonds is 6. The Morgan fingerprint density at radius 1 is 1.07 bits per heavy atom. The number of amides is 1. The van der Waals surface area contributed by atoms with Crippen molar-refractivity contribution in [3.63, 3.8) is 0 Å². The Morgan fingerprint density at radius 2 is 1.80 bits per heavy atom. The molecule has 210 valence electrons. The number of halogens is 1. The number of hydrogen-bond acceptors (Lipinski definition) is 6. The van der Waals surface area contributed by atoms with Crippen LogP contribution in [0.2, 0.25) is 5.02 Å². The van der Waals surface area contributed by atoms with Crippen molar-refractivity contribution in [2.45, 2.75) is 32.0 Å². The molecule has 2 saturated heterocycles. The lowest BCUT2D eigenvalue weighted by Gasteiger charge is -2.27. The zero-order valence-electron chi connectivity index (χ0n) is 22.8. The van der Waals surface area contributed by atoms with E-state index in [9.17, 15) is 14.7 Å². The molecule has 1 amide bonds. The van der Waals surface area contributed by atoms with Crippen LogP contribution in [0, 0.1) is 11.8 Å². The van der Waals surface area contributed by atoms with E-state index in [0.29, 0.717) is 48.8 Å². The fraction of sp³-hybridized carbons (Fsp3) is 0.419. The monoisotopic (exact) mass is 562 g/mol. The van der Waals surface area contributed by atoms with Crippen LogP contribution in [0.1, 0.15) is 39.9 Å².